The summed E-state index contributed by atoms with van der Waals surface area (Å²) in [5, 5.41) is 2.96. The Hall–Kier alpha value is -3.15. The summed E-state index contributed by atoms with van der Waals surface area (Å²) >= 11 is 0. The molecule has 1 saturated heterocycles. The quantitative estimate of drug-likeness (QED) is 0.862. The predicted octanol–water partition coefficient (Wildman–Crippen LogP) is 3.81. The number of fused-ring (bicyclic) bond motifs is 3. The average Bonchev–Trinajstić information content (AvgIpc) is 3.09. The van der Waals surface area contributed by atoms with Crippen LogP contribution >= 0.6 is 0 Å². The van der Waals surface area contributed by atoms with Crippen molar-refractivity contribution >= 4 is 34.8 Å². The number of carbonyl (C=O) groups excluding carboxylic acids is 3. The maximum Gasteiger partial charge on any atom is 0.255 e. The van der Waals surface area contributed by atoms with Gasteiger partial charge in [0.15, 0.2) is 0 Å². The highest BCUT2D eigenvalue weighted by Crippen LogP contribution is 2.41. The first-order valence-corrected chi connectivity index (χ1v) is 10.1. The van der Waals surface area contributed by atoms with Gasteiger partial charge in [0, 0.05) is 24.2 Å². The van der Waals surface area contributed by atoms with E-state index in [-0.39, 0.29) is 17.7 Å². The minimum absolute atomic E-state index is 0.0339. The molecule has 6 heteroatoms. The average molecular weight is 391 g/mol. The zero-order chi connectivity index (χ0) is 20.7. The van der Waals surface area contributed by atoms with Gasteiger partial charge in [0.25, 0.3) is 5.91 Å². The molecular weight excluding hydrogens is 366 g/mol. The van der Waals surface area contributed by atoms with Gasteiger partial charge in [0.2, 0.25) is 11.8 Å². The van der Waals surface area contributed by atoms with Crippen LogP contribution in [0.2, 0.25) is 0 Å². The number of amides is 3. The van der Waals surface area contributed by atoms with Gasteiger partial charge >= 0.3 is 0 Å². The molecule has 29 heavy (non-hydrogen) atoms. The van der Waals surface area contributed by atoms with Gasteiger partial charge in [-0.2, -0.15) is 0 Å². The number of hydrogen-bond donors (Lipinski definition) is 1. The highest BCUT2D eigenvalue weighted by atomic mass is 16.2. The minimum Gasteiger partial charge on any atom is -0.322 e. The van der Waals surface area contributed by atoms with E-state index in [9.17, 15) is 14.4 Å². The first-order chi connectivity index (χ1) is 13.9. The van der Waals surface area contributed by atoms with Gasteiger partial charge in [-0.25, -0.2) is 0 Å². The monoisotopic (exact) mass is 391 g/mol. The van der Waals surface area contributed by atoms with E-state index in [1.165, 1.54) is 0 Å². The number of anilines is 3. The van der Waals surface area contributed by atoms with Crippen LogP contribution in [0.5, 0.6) is 0 Å². The first kappa shape index (κ1) is 19.2. The molecule has 2 heterocycles. The number of hydrogen-bond acceptors (Lipinski definition) is 3. The third-order valence-corrected chi connectivity index (χ3v) is 5.64. The summed E-state index contributed by atoms with van der Waals surface area (Å²) in [6.45, 7) is 6.50. The van der Waals surface area contributed by atoms with E-state index in [2.05, 4.69) is 5.32 Å². The number of carbonyl (C=O) groups is 3. The van der Waals surface area contributed by atoms with Crippen molar-refractivity contribution in [3.63, 3.8) is 0 Å². The summed E-state index contributed by atoms with van der Waals surface area (Å²) in [6.07, 6.45) is 1.72. The molecule has 6 nitrogen and oxygen atoms in total. The molecule has 4 rings (SSSR count). The summed E-state index contributed by atoms with van der Waals surface area (Å²) < 4.78 is 0. The Labute approximate surface area is 170 Å². The lowest BCUT2D eigenvalue weighted by molar-refractivity contribution is -0.122. The second-order valence-corrected chi connectivity index (χ2v) is 7.78. The minimum atomic E-state index is -0.420. The number of aryl methyl sites for hydroxylation is 2. The van der Waals surface area contributed by atoms with Crippen LogP contribution in [-0.2, 0) is 9.59 Å². The SMILES string of the molecule is CCCN1C(=O)[C@H]2CCC(=O)N2c2ccc(C(=O)Nc3cc(C)ccc3C)cc21. The van der Waals surface area contributed by atoms with E-state index in [1.807, 2.05) is 39.0 Å². The van der Waals surface area contributed by atoms with Crippen LogP contribution in [0.4, 0.5) is 17.1 Å². The summed E-state index contributed by atoms with van der Waals surface area (Å²) in [5.41, 5.74) is 4.63. The fourth-order valence-corrected chi connectivity index (χ4v) is 4.12. The number of nitrogens with zero attached hydrogens (tertiary/aromatic N) is 2. The molecule has 0 radical (unpaired) electrons. The topological polar surface area (TPSA) is 69.7 Å². The van der Waals surface area contributed by atoms with E-state index in [1.54, 1.807) is 28.0 Å². The van der Waals surface area contributed by atoms with Crippen molar-refractivity contribution in [2.45, 2.75) is 46.1 Å². The fourth-order valence-electron chi connectivity index (χ4n) is 4.12. The van der Waals surface area contributed by atoms with E-state index < -0.39 is 6.04 Å². The van der Waals surface area contributed by atoms with Crippen molar-refractivity contribution < 1.29 is 14.4 Å². The largest absolute Gasteiger partial charge is 0.322 e. The van der Waals surface area contributed by atoms with E-state index in [0.29, 0.717) is 36.3 Å². The molecule has 0 aromatic heterocycles. The molecule has 1 atom stereocenters. The molecule has 0 spiro atoms. The van der Waals surface area contributed by atoms with Gasteiger partial charge in [0.05, 0.1) is 11.4 Å². The van der Waals surface area contributed by atoms with Crippen molar-refractivity contribution in [3.05, 3.63) is 53.1 Å². The number of nitrogens with one attached hydrogen (secondary N) is 1. The molecule has 3 amide bonds. The maximum atomic E-state index is 13.0. The smallest absolute Gasteiger partial charge is 0.255 e. The van der Waals surface area contributed by atoms with Crippen LogP contribution in [0.3, 0.4) is 0 Å². The molecule has 0 aliphatic carbocycles. The van der Waals surface area contributed by atoms with Gasteiger partial charge < -0.3 is 10.2 Å². The standard InChI is InChI=1S/C23H25N3O3/c1-4-11-25-20-13-16(22(28)24-17-12-14(2)5-6-15(17)3)7-8-18(20)26-19(23(25)29)9-10-21(26)27/h5-8,12-13,19H,4,9-11H2,1-3H3,(H,24,28)/t19-/m1/s1. The maximum absolute atomic E-state index is 13.0. The Kier molecular flexibility index (Phi) is 4.86. The highest BCUT2D eigenvalue weighted by Gasteiger charge is 2.44. The second-order valence-electron chi connectivity index (χ2n) is 7.78. The van der Waals surface area contributed by atoms with Crippen LogP contribution < -0.4 is 15.1 Å². The summed E-state index contributed by atoms with van der Waals surface area (Å²) in [6, 6.07) is 10.7. The third-order valence-electron chi connectivity index (χ3n) is 5.64. The lowest BCUT2D eigenvalue weighted by Crippen LogP contribution is -2.52. The molecule has 2 aromatic rings. The van der Waals surface area contributed by atoms with Crippen LogP contribution in [-0.4, -0.2) is 30.3 Å². The van der Waals surface area contributed by atoms with Gasteiger partial charge in [-0.15, -0.1) is 0 Å². The van der Waals surface area contributed by atoms with E-state index in [0.717, 1.165) is 23.2 Å². The molecule has 2 aromatic carbocycles. The second kappa shape index (κ2) is 7.35. The fraction of sp³-hybridized carbons (Fsp3) is 0.348. The van der Waals surface area contributed by atoms with Gasteiger partial charge in [-0.05, 0) is 62.1 Å². The molecule has 0 bridgehead atoms. The third kappa shape index (κ3) is 3.28. The summed E-state index contributed by atoms with van der Waals surface area (Å²) in [7, 11) is 0. The Morgan fingerprint density at radius 2 is 1.90 bits per heavy atom. The Bertz CT molecular complexity index is 1010. The number of benzene rings is 2. The zero-order valence-corrected chi connectivity index (χ0v) is 17.0. The van der Waals surface area contributed by atoms with Crippen molar-refractivity contribution in [2.24, 2.45) is 0 Å². The predicted molar refractivity (Wildman–Crippen MR) is 113 cm³/mol. The van der Waals surface area contributed by atoms with Crippen LogP contribution in [0.1, 0.15) is 47.7 Å². The van der Waals surface area contributed by atoms with Gasteiger partial charge in [-0.3, -0.25) is 19.3 Å². The highest BCUT2D eigenvalue weighted by molar-refractivity contribution is 6.16. The lowest BCUT2D eigenvalue weighted by atomic mass is 10.0. The van der Waals surface area contributed by atoms with Gasteiger partial charge in [0.1, 0.15) is 6.04 Å². The molecule has 1 N–H and O–H groups in total. The van der Waals surface area contributed by atoms with E-state index in [4.69, 9.17) is 0 Å². The lowest BCUT2D eigenvalue weighted by Gasteiger charge is -2.38. The molecule has 2 aliphatic heterocycles. The Morgan fingerprint density at radius 1 is 1.10 bits per heavy atom. The Morgan fingerprint density at radius 3 is 2.66 bits per heavy atom. The van der Waals surface area contributed by atoms with Crippen LogP contribution in [0.15, 0.2) is 36.4 Å². The Balaban J connectivity index is 1.71. The molecular formula is C23H25N3O3. The van der Waals surface area contributed by atoms with Crippen molar-refractivity contribution in [1.82, 2.24) is 0 Å². The van der Waals surface area contributed by atoms with Gasteiger partial charge in [-0.1, -0.05) is 19.1 Å². The van der Waals surface area contributed by atoms with Crippen molar-refractivity contribution in [3.8, 4) is 0 Å². The number of rotatable bonds is 4. The first-order valence-electron chi connectivity index (χ1n) is 10.1. The zero-order valence-electron chi connectivity index (χ0n) is 17.0. The molecule has 150 valence electrons. The summed E-state index contributed by atoms with van der Waals surface area (Å²) in [4.78, 5) is 41.6. The molecule has 0 saturated carbocycles. The van der Waals surface area contributed by atoms with Crippen molar-refractivity contribution in [1.29, 1.82) is 0 Å². The molecule has 1 fully saturated rings. The normalized spacial score (nSPS) is 18.0. The van der Waals surface area contributed by atoms with Crippen LogP contribution in [0.25, 0.3) is 0 Å². The molecule has 2 aliphatic rings. The summed E-state index contributed by atoms with van der Waals surface area (Å²) in [5.74, 6) is -0.328. The van der Waals surface area contributed by atoms with Crippen LogP contribution in [0, 0.1) is 13.8 Å². The molecule has 0 unspecified atom stereocenters. The van der Waals surface area contributed by atoms with E-state index >= 15 is 0 Å². The van der Waals surface area contributed by atoms with Crippen molar-refractivity contribution in [2.75, 3.05) is 21.7 Å².